The quantitative estimate of drug-likeness (QED) is 0.131. The predicted octanol–water partition coefficient (Wildman–Crippen LogP) is 15.6. The molecule has 9 aromatic rings. The Bertz CT molecular complexity index is 3030. The molecule has 0 saturated carbocycles. The van der Waals surface area contributed by atoms with Gasteiger partial charge in [-0.25, -0.2) is 0 Å². The summed E-state index contributed by atoms with van der Waals surface area (Å²) in [6.07, 6.45) is 10.3. The van der Waals surface area contributed by atoms with Crippen LogP contribution in [0.4, 0.5) is 17.1 Å². The van der Waals surface area contributed by atoms with Crippen LogP contribution < -0.4 is 4.90 Å². The summed E-state index contributed by atoms with van der Waals surface area (Å²) >= 11 is 0. The van der Waals surface area contributed by atoms with Gasteiger partial charge < -0.3 is 9.32 Å². The Hall–Kier alpha value is -7.67. The van der Waals surface area contributed by atoms with E-state index in [1.165, 1.54) is 39.0 Å². The lowest BCUT2D eigenvalue weighted by Crippen LogP contribution is -2.09. The minimum Gasteiger partial charge on any atom is -0.456 e. The van der Waals surface area contributed by atoms with Crippen LogP contribution in [0.25, 0.3) is 44.2 Å². The van der Waals surface area contributed by atoms with Gasteiger partial charge in [0.25, 0.3) is 0 Å². The Kier molecular flexibility index (Phi) is 10.4. The van der Waals surface area contributed by atoms with Gasteiger partial charge in [0, 0.05) is 45.7 Å². The third kappa shape index (κ3) is 7.93. The molecule has 1 aliphatic rings. The molecular formula is C58H44N2O. The number of hydrogen-bond donors (Lipinski definition) is 0. The number of allylic oxidation sites excluding steroid dienone is 4. The second kappa shape index (κ2) is 16.9. The van der Waals surface area contributed by atoms with Crippen molar-refractivity contribution < 1.29 is 4.42 Å². The average Bonchev–Trinajstić information content (AvgIpc) is 3.71. The lowest BCUT2D eigenvalue weighted by atomic mass is 9.81. The summed E-state index contributed by atoms with van der Waals surface area (Å²) in [5, 5.41) is 11.7. The maximum absolute atomic E-state index is 9.49. The third-order valence-electron chi connectivity index (χ3n) is 12.2. The molecule has 3 nitrogen and oxygen atoms in total. The molecule has 0 fully saturated rings. The number of anilines is 3. The number of hydrogen-bond acceptors (Lipinski definition) is 3. The standard InChI is InChI=1S/C58H44N2O/c59-40-42-17-32-51(33-18-42)60(53-36-38-56-55-13-7-8-14-57(55)61-58(56)39-53)52-34-30-48(31-35-52)44-20-15-41(16-21-44)19-37-54(49-11-5-2-6-12-49)50-28-26-47(27-29-50)46-24-22-45(23-25-46)43-9-3-1-4-10-43/h1-18,20-26,28-36,38-39,47,54H,19,27,37H2. The van der Waals surface area contributed by atoms with Crippen LogP contribution in [0.5, 0.6) is 0 Å². The maximum Gasteiger partial charge on any atom is 0.137 e. The minimum absolute atomic E-state index is 0.331. The highest BCUT2D eigenvalue weighted by Gasteiger charge is 2.20. The van der Waals surface area contributed by atoms with E-state index in [4.69, 9.17) is 4.42 Å². The van der Waals surface area contributed by atoms with Crippen molar-refractivity contribution in [3.8, 4) is 28.3 Å². The molecule has 292 valence electrons. The molecule has 0 amide bonds. The summed E-state index contributed by atoms with van der Waals surface area (Å²) < 4.78 is 6.28. The molecule has 2 atom stereocenters. The Morgan fingerprint density at radius 3 is 1.80 bits per heavy atom. The van der Waals surface area contributed by atoms with E-state index in [0.717, 1.165) is 63.8 Å². The van der Waals surface area contributed by atoms with E-state index in [2.05, 4.69) is 187 Å². The van der Waals surface area contributed by atoms with E-state index >= 15 is 0 Å². The fraction of sp³-hybridized carbons (Fsp3) is 0.0862. The van der Waals surface area contributed by atoms with Gasteiger partial charge in [-0.15, -0.1) is 0 Å². The van der Waals surface area contributed by atoms with Crippen LogP contribution in [-0.4, -0.2) is 0 Å². The zero-order valence-corrected chi connectivity index (χ0v) is 33.9. The molecule has 10 rings (SSSR count). The molecule has 0 radical (unpaired) electrons. The van der Waals surface area contributed by atoms with E-state index in [9.17, 15) is 5.26 Å². The van der Waals surface area contributed by atoms with Gasteiger partial charge in [0.15, 0.2) is 0 Å². The Morgan fingerprint density at radius 2 is 1.13 bits per heavy atom. The molecule has 0 bridgehead atoms. The zero-order valence-electron chi connectivity index (χ0n) is 33.9. The highest BCUT2D eigenvalue weighted by Crippen LogP contribution is 2.40. The van der Waals surface area contributed by atoms with Gasteiger partial charge >= 0.3 is 0 Å². The molecule has 3 heteroatoms. The number of furan rings is 1. The van der Waals surface area contributed by atoms with Crippen molar-refractivity contribution in [2.24, 2.45) is 0 Å². The van der Waals surface area contributed by atoms with Crippen LogP contribution >= 0.6 is 0 Å². The summed E-state index contributed by atoms with van der Waals surface area (Å²) in [5.74, 6) is 0.718. The normalized spacial score (nSPS) is 14.1. The number of benzene rings is 8. The minimum atomic E-state index is 0.331. The molecular weight excluding hydrogens is 741 g/mol. The van der Waals surface area contributed by atoms with Crippen LogP contribution in [0.3, 0.4) is 0 Å². The van der Waals surface area contributed by atoms with Crippen molar-refractivity contribution in [3.63, 3.8) is 0 Å². The maximum atomic E-state index is 9.49. The van der Waals surface area contributed by atoms with Crippen molar-refractivity contribution in [1.82, 2.24) is 0 Å². The number of aryl methyl sites for hydroxylation is 1. The van der Waals surface area contributed by atoms with Gasteiger partial charge in [0.1, 0.15) is 11.2 Å². The van der Waals surface area contributed by atoms with Crippen molar-refractivity contribution in [2.75, 3.05) is 4.90 Å². The van der Waals surface area contributed by atoms with Crippen LogP contribution in [0.1, 0.15) is 46.9 Å². The summed E-state index contributed by atoms with van der Waals surface area (Å²) in [7, 11) is 0. The lowest BCUT2D eigenvalue weighted by Gasteiger charge is -2.25. The number of nitrogens with zero attached hydrogens (tertiary/aromatic N) is 2. The first kappa shape index (κ1) is 37.6. The van der Waals surface area contributed by atoms with E-state index in [1.54, 1.807) is 0 Å². The van der Waals surface area contributed by atoms with Crippen molar-refractivity contribution >= 4 is 39.0 Å². The number of rotatable bonds is 11. The summed E-state index contributed by atoms with van der Waals surface area (Å²) in [6, 6.07) is 73.0. The largest absolute Gasteiger partial charge is 0.456 e. The Morgan fingerprint density at radius 1 is 0.557 bits per heavy atom. The SMILES string of the molecule is N#Cc1ccc(N(c2ccc(-c3ccc(CCC(C4=CCC(c5ccc(-c6ccccc6)cc5)C=C4)c4ccccc4)cc3)cc2)c2ccc3c(c2)oc2ccccc23)cc1. The number of para-hydroxylation sites is 1. The van der Waals surface area contributed by atoms with E-state index in [1.807, 2.05) is 42.5 Å². The van der Waals surface area contributed by atoms with E-state index in [-0.39, 0.29) is 0 Å². The van der Waals surface area contributed by atoms with Crippen molar-refractivity contribution in [2.45, 2.75) is 31.1 Å². The van der Waals surface area contributed by atoms with Crippen LogP contribution in [-0.2, 0) is 6.42 Å². The molecule has 0 N–H and O–H groups in total. The average molecular weight is 785 g/mol. The van der Waals surface area contributed by atoms with Gasteiger partial charge in [0.05, 0.1) is 11.6 Å². The second-order valence-corrected chi connectivity index (χ2v) is 15.9. The zero-order chi connectivity index (χ0) is 41.0. The molecule has 61 heavy (non-hydrogen) atoms. The Balaban J connectivity index is 0.847. The van der Waals surface area contributed by atoms with Gasteiger partial charge in [0.2, 0.25) is 0 Å². The van der Waals surface area contributed by atoms with Crippen LogP contribution in [0.2, 0.25) is 0 Å². The Labute approximate surface area is 357 Å². The fourth-order valence-corrected chi connectivity index (χ4v) is 8.87. The molecule has 1 heterocycles. The molecule has 1 aliphatic carbocycles. The van der Waals surface area contributed by atoms with Crippen LogP contribution in [0, 0.1) is 11.3 Å². The molecule has 0 aliphatic heterocycles. The summed E-state index contributed by atoms with van der Waals surface area (Å²) in [5.41, 5.74) is 15.6. The van der Waals surface area contributed by atoms with E-state index < -0.39 is 0 Å². The topological polar surface area (TPSA) is 40.2 Å². The number of nitriles is 1. The lowest BCUT2D eigenvalue weighted by molar-refractivity contribution is 0.669. The second-order valence-electron chi connectivity index (χ2n) is 15.9. The van der Waals surface area contributed by atoms with Crippen molar-refractivity contribution in [3.05, 3.63) is 246 Å². The number of fused-ring (bicyclic) bond motifs is 3. The molecule has 0 saturated heterocycles. The summed E-state index contributed by atoms with van der Waals surface area (Å²) in [6.45, 7) is 0. The molecule has 1 aromatic heterocycles. The third-order valence-corrected chi connectivity index (χ3v) is 12.2. The smallest absolute Gasteiger partial charge is 0.137 e. The predicted molar refractivity (Wildman–Crippen MR) is 253 cm³/mol. The monoisotopic (exact) mass is 784 g/mol. The van der Waals surface area contributed by atoms with Crippen LogP contribution in [0.15, 0.2) is 228 Å². The van der Waals surface area contributed by atoms with Gasteiger partial charge in [-0.05, 0) is 118 Å². The highest BCUT2D eigenvalue weighted by atomic mass is 16.3. The highest BCUT2D eigenvalue weighted by molar-refractivity contribution is 6.06. The first-order valence-corrected chi connectivity index (χ1v) is 21.2. The first-order chi connectivity index (χ1) is 30.2. The van der Waals surface area contributed by atoms with Crippen molar-refractivity contribution in [1.29, 1.82) is 5.26 Å². The first-order valence-electron chi connectivity index (χ1n) is 21.2. The van der Waals surface area contributed by atoms with Gasteiger partial charge in [-0.1, -0.05) is 158 Å². The molecule has 2 unspecified atom stereocenters. The van der Waals surface area contributed by atoms with Gasteiger partial charge in [-0.2, -0.15) is 5.26 Å². The van der Waals surface area contributed by atoms with E-state index in [0.29, 0.717) is 17.4 Å². The molecule has 8 aromatic carbocycles. The summed E-state index contributed by atoms with van der Waals surface area (Å²) in [4.78, 5) is 2.21. The fourth-order valence-electron chi connectivity index (χ4n) is 8.87. The van der Waals surface area contributed by atoms with Gasteiger partial charge in [-0.3, -0.25) is 0 Å². The molecule has 0 spiro atoms.